The number of rotatable bonds is 5. The minimum absolute atomic E-state index is 0.967. The molecule has 0 fully saturated rings. The summed E-state index contributed by atoms with van der Waals surface area (Å²) in [5.41, 5.74) is 2.60. The number of nitrogens with one attached hydrogen (secondary N) is 1. The lowest BCUT2D eigenvalue weighted by Gasteiger charge is -2.04. The highest BCUT2D eigenvalue weighted by atomic mass is 79.9. The summed E-state index contributed by atoms with van der Waals surface area (Å²) in [7, 11) is 0. The molecule has 0 aliphatic rings. The van der Waals surface area contributed by atoms with Gasteiger partial charge in [0.1, 0.15) is 0 Å². The third-order valence-corrected chi connectivity index (χ3v) is 2.86. The second-order valence-electron chi connectivity index (χ2n) is 3.69. The van der Waals surface area contributed by atoms with Crippen LogP contribution in [0.4, 0.5) is 0 Å². The fourth-order valence-electron chi connectivity index (χ4n) is 1.37. The summed E-state index contributed by atoms with van der Waals surface area (Å²) in [4.78, 5) is 0. The highest BCUT2D eigenvalue weighted by Gasteiger charge is 1.95. The van der Waals surface area contributed by atoms with Crippen LogP contribution in [0.1, 0.15) is 25.8 Å². The first kappa shape index (κ1) is 12.5. The maximum atomic E-state index is 3.54. The molecule has 0 saturated heterocycles. The van der Waals surface area contributed by atoms with Gasteiger partial charge in [-0.3, -0.25) is 0 Å². The van der Waals surface area contributed by atoms with Crippen molar-refractivity contribution in [2.45, 2.75) is 20.3 Å². The standard InChI is InChI=1S/C13H18BrN/c1-3-8-15-10-11(2)9-12-6-4-5-7-13(12)14/h4-7,9,15H,3,8,10H2,1-2H3. The Morgan fingerprint density at radius 3 is 2.80 bits per heavy atom. The van der Waals surface area contributed by atoms with Crippen LogP contribution in [0.25, 0.3) is 6.08 Å². The lowest BCUT2D eigenvalue weighted by molar-refractivity contribution is 0.715. The molecule has 0 aromatic heterocycles. The van der Waals surface area contributed by atoms with E-state index < -0.39 is 0 Å². The van der Waals surface area contributed by atoms with E-state index in [1.54, 1.807) is 0 Å². The summed E-state index contributed by atoms with van der Waals surface area (Å²) in [6, 6.07) is 8.28. The van der Waals surface area contributed by atoms with E-state index in [1.165, 1.54) is 17.6 Å². The van der Waals surface area contributed by atoms with Gasteiger partial charge in [0.25, 0.3) is 0 Å². The van der Waals surface area contributed by atoms with Crippen molar-refractivity contribution in [3.63, 3.8) is 0 Å². The van der Waals surface area contributed by atoms with Gasteiger partial charge in [-0.2, -0.15) is 0 Å². The topological polar surface area (TPSA) is 12.0 Å². The van der Waals surface area contributed by atoms with Crippen LogP contribution in [-0.2, 0) is 0 Å². The zero-order valence-electron chi connectivity index (χ0n) is 9.39. The van der Waals surface area contributed by atoms with Gasteiger partial charge in [-0.15, -0.1) is 0 Å². The van der Waals surface area contributed by atoms with Crippen LogP contribution in [0.5, 0.6) is 0 Å². The van der Waals surface area contributed by atoms with Gasteiger partial charge < -0.3 is 5.32 Å². The molecule has 15 heavy (non-hydrogen) atoms. The minimum Gasteiger partial charge on any atom is -0.313 e. The molecule has 1 nitrogen and oxygen atoms in total. The predicted octanol–water partition coefficient (Wildman–Crippen LogP) is 3.85. The largest absolute Gasteiger partial charge is 0.313 e. The van der Waals surface area contributed by atoms with Crippen LogP contribution >= 0.6 is 15.9 Å². The smallest absolute Gasteiger partial charge is 0.0247 e. The lowest BCUT2D eigenvalue weighted by atomic mass is 10.1. The quantitative estimate of drug-likeness (QED) is 0.800. The van der Waals surface area contributed by atoms with Gasteiger partial charge in [0.2, 0.25) is 0 Å². The van der Waals surface area contributed by atoms with Gasteiger partial charge in [-0.25, -0.2) is 0 Å². The number of benzene rings is 1. The van der Waals surface area contributed by atoms with Gasteiger partial charge in [0, 0.05) is 11.0 Å². The average Bonchev–Trinajstić information content (AvgIpc) is 2.22. The maximum absolute atomic E-state index is 3.54. The molecule has 1 rings (SSSR count). The van der Waals surface area contributed by atoms with Crippen LogP contribution in [-0.4, -0.2) is 13.1 Å². The minimum atomic E-state index is 0.967. The predicted molar refractivity (Wildman–Crippen MR) is 71.0 cm³/mol. The molecule has 0 amide bonds. The molecule has 0 spiro atoms. The first-order chi connectivity index (χ1) is 7.24. The second-order valence-corrected chi connectivity index (χ2v) is 4.54. The fourth-order valence-corrected chi connectivity index (χ4v) is 1.77. The van der Waals surface area contributed by atoms with Crippen molar-refractivity contribution in [2.24, 2.45) is 0 Å². The van der Waals surface area contributed by atoms with Gasteiger partial charge >= 0.3 is 0 Å². The van der Waals surface area contributed by atoms with Crippen molar-refractivity contribution in [1.29, 1.82) is 0 Å². The lowest BCUT2D eigenvalue weighted by Crippen LogP contribution is -2.16. The molecule has 1 N–H and O–H groups in total. The molecule has 0 heterocycles. The SMILES string of the molecule is CCCNCC(C)=Cc1ccccc1Br. The third-order valence-electron chi connectivity index (χ3n) is 2.14. The summed E-state index contributed by atoms with van der Waals surface area (Å²) in [6.45, 7) is 6.39. The number of hydrogen-bond donors (Lipinski definition) is 1. The van der Waals surface area contributed by atoms with Crippen LogP contribution in [0, 0.1) is 0 Å². The molecule has 1 aromatic carbocycles. The van der Waals surface area contributed by atoms with Crippen LogP contribution in [0.2, 0.25) is 0 Å². The highest BCUT2D eigenvalue weighted by Crippen LogP contribution is 2.18. The molecule has 0 atom stereocenters. The fraction of sp³-hybridized carbons (Fsp3) is 0.385. The molecule has 0 bridgehead atoms. The number of halogens is 1. The monoisotopic (exact) mass is 267 g/mol. The van der Waals surface area contributed by atoms with E-state index in [4.69, 9.17) is 0 Å². The molecule has 0 aliphatic heterocycles. The van der Waals surface area contributed by atoms with E-state index in [1.807, 2.05) is 6.07 Å². The maximum Gasteiger partial charge on any atom is 0.0247 e. The zero-order valence-corrected chi connectivity index (χ0v) is 11.0. The van der Waals surface area contributed by atoms with Crippen molar-refractivity contribution >= 4 is 22.0 Å². The molecule has 0 aliphatic carbocycles. The molecule has 0 saturated carbocycles. The summed E-state index contributed by atoms with van der Waals surface area (Å²) < 4.78 is 1.15. The molecular weight excluding hydrogens is 250 g/mol. The third kappa shape index (κ3) is 4.63. The summed E-state index contributed by atoms with van der Waals surface area (Å²) in [6.07, 6.45) is 3.40. The van der Waals surface area contributed by atoms with Crippen LogP contribution in [0.3, 0.4) is 0 Å². The Kier molecular flexibility index (Phi) is 5.66. The Labute approximate surface area is 101 Å². The Hall–Kier alpha value is -0.600. The van der Waals surface area contributed by atoms with E-state index in [0.717, 1.165) is 17.6 Å². The Morgan fingerprint density at radius 1 is 1.40 bits per heavy atom. The van der Waals surface area contributed by atoms with E-state index >= 15 is 0 Å². The van der Waals surface area contributed by atoms with Crippen molar-refractivity contribution in [3.8, 4) is 0 Å². The Balaban J connectivity index is 2.58. The van der Waals surface area contributed by atoms with Crippen molar-refractivity contribution in [3.05, 3.63) is 39.9 Å². The van der Waals surface area contributed by atoms with E-state index in [2.05, 4.69) is 59.4 Å². The average molecular weight is 268 g/mol. The summed E-state index contributed by atoms with van der Waals surface area (Å²) in [5, 5.41) is 3.39. The van der Waals surface area contributed by atoms with E-state index in [-0.39, 0.29) is 0 Å². The van der Waals surface area contributed by atoms with Gasteiger partial charge in [-0.1, -0.05) is 52.7 Å². The summed E-state index contributed by atoms with van der Waals surface area (Å²) in [5.74, 6) is 0. The summed E-state index contributed by atoms with van der Waals surface area (Å²) >= 11 is 3.54. The van der Waals surface area contributed by atoms with Crippen molar-refractivity contribution in [2.75, 3.05) is 13.1 Å². The molecule has 0 unspecified atom stereocenters. The first-order valence-electron chi connectivity index (χ1n) is 5.36. The van der Waals surface area contributed by atoms with Gasteiger partial charge in [-0.05, 0) is 31.5 Å². The van der Waals surface area contributed by atoms with Crippen LogP contribution in [0.15, 0.2) is 34.3 Å². The van der Waals surface area contributed by atoms with E-state index in [0.29, 0.717) is 0 Å². The molecule has 1 aromatic rings. The molecule has 2 heteroatoms. The second kappa shape index (κ2) is 6.81. The Bertz CT molecular complexity index is 331. The van der Waals surface area contributed by atoms with Crippen molar-refractivity contribution in [1.82, 2.24) is 5.32 Å². The normalized spacial score (nSPS) is 11.8. The molecule has 82 valence electrons. The first-order valence-corrected chi connectivity index (χ1v) is 6.15. The van der Waals surface area contributed by atoms with E-state index in [9.17, 15) is 0 Å². The zero-order chi connectivity index (χ0) is 11.1. The molecule has 0 radical (unpaired) electrons. The Morgan fingerprint density at radius 2 is 2.13 bits per heavy atom. The highest BCUT2D eigenvalue weighted by molar-refractivity contribution is 9.10. The van der Waals surface area contributed by atoms with Gasteiger partial charge in [0.05, 0.1) is 0 Å². The molecular formula is C13H18BrN. The van der Waals surface area contributed by atoms with Crippen molar-refractivity contribution < 1.29 is 0 Å². The van der Waals surface area contributed by atoms with Gasteiger partial charge in [0.15, 0.2) is 0 Å². The number of hydrogen-bond acceptors (Lipinski definition) is 1. The van der Waals surface area contributed by atoms with Crippen LogP contribution < -0.4 is 5.32 Å².